The molecule has 0 aromatic heterocycles. The van der Waals surface area contributed by atoms with Crippen LogP contribution in [-0.4, -0.2) is 17.0 Å². The van der Waals surface area contributed by atoms with Gasteiger partial charge >= 0.3 is 5.97 Å². The van der Waals surface area contributed by atoms with Gasteiger partial charge in [-0.2, -0.15) is 0 Å². The molecule has 1 aliphatic rings. The minimum absolute atomic E-state index is 0.220. The van der Waals surface area contributed by atoms with Gasteiger partial charge in [-0.25, -0.2) is 0 Å². The molecule has 2 N–H and O–H groups in total. The Morgan fingerprint density at radius 3 is 2.44 bits per heavy atom. The second-order valence-corrected chi connectivity index (χ2v) is 6.31. The third-order valence-electron chi connectivity index (χ3n) is 4.77. The number of amides is 1. The van der Waals surface area contributed by atoms with E-state index in [1.807, 2.05) is 55.5 Å². The SMILES string of the molecule is Cc1c(COc2ccccc2)cccc1NC(=O)C1CCC1C(=O)O. The van der Waals surface area contributed by atoms with E-state index in [-0.39, 0.29) is 5.91 Å². The lowest BCUT2D eigenvalue weighted by molar-refractivity contribution is -0.151. The lowest BCUT2D eigenvalue weighted by Gasteiger charge is -2.32. The van der Waals surface area contributed by atoms with Crippen molar-refractivity contribution in [3.05, 3.63) is 59.7 Å². The first kappa shape index (κ1) is 17.0. The van der Waals surface area contributed by atoms with Crippen LogP contribution in [-0.2, 0) is 16.2 Å². The molecule has 0 bridgehead atoms. The van der Waals surface area contributed by atoms with Gasteiger partial charge in [0.05, 0.1) is 11.8 Å². The maximum atomic E-state index is 12.3. The van der Waals surface area contributed by atoms with Crippen LogP contribution < -0.4 is 10.1 Å². The molecule has 25 heavy (non-hydrogen) atoms. The van der Waals surface area contributed by atoms with Gasteiger partial charge in [0, 0.05) is 5.69 Å². The number of benzene rings is 2. The van der Waals surface area contributed by atoms with Crippen molar-refractivity contribution in [3.63, 3.8) is 0 Å². The molecule has 3 rings (SSSR count). The van der Waals surface area contributed by atoms with Crippen molar-refractivity contribution < 1.29 is 19.4 Å². The second-order valence-electron chi connectivity index (χ2n) is 6.31. The summed E-state index contributed by atoms with van der Waals surface area (Å²) in [6, 6.07) is 15.2. The Morgan fingerprint density at radius 1 is 1.08 bits per heavy atom. The standard InChI is InChI=1S/C20H21NO4/c1-13-14(12-25-15-7-3-2-4-8-15)6-5-9-18(13)21-19(22)16-10-11-17(16)20(23)24/h2-9,16-17H,10-12H2,1H3,(H,21,22)(H,23,24). The number of carbonyl (C=O) groups excluding carboxylic acids is 1. The molecule has 5 heteroatoms. The third kappa shape index (κ3) is 3.82. The molecule has 0 spiro atoms. The molecule has 0 saturated heterocycles. The summed E-state index contributed by atoms with van der Waals surface area (Å²) in [4.78, 5) is 23.4. The average Bonchev–Trinajstić information content (AvgIpc) is 2.55. The fourth-order valence-electron chi connectivity index (χ4n) is 2.99. The van der Waals surface area contributed by atoms with Gasteiger partial charge in [-0.15, -0.1) is 0 Å². The zero-order valence-electron chi connectivity index (χ0n) is 14.1. The molecule has 1 fully saturated rings. The number of anilines is 1. The number of para-hydroxylation sites is 1. The van der Waals surface area contributed by atoms with Gasteiger partial charge in [-0.1, -0.05) is 30.3 Å². The van der Waals surface area contributed by atoms with Crippen molar-refractivity contribution in [2.24, 2.45) is 11.8 Å². The highest BCUT2D eigenvalue weighted by molar-refractivity contribution is 5.96. The molecule has 1 amide bonds. The van der Waals surface area contributed by atoms with E-state index in [2.05, 4.69) is 5.32 Å². The van der Waals surface area contributed by atoms with E-state index in [0.717, 1.165) is 16.9 Å². The van der Waals surface area contributed by atoms with Crippen molar-refractivity contribution >= 4 is 17.6 Å². The number of aliphatic carboxylic acids is 1. The van der Waals surface area contributed by atoms with E-state index in [1.165, 1.54) is 0 Å². The maximum absolute atomic E-state index is 12.3. The van der Waals surface area contributed by atoms with Crippen LogP contribution in [0.15, 0.2) is 48.5 Å². The Bertz CT molecular complexity index is 773. The number of carbonyl (C=O) groups is 2. The first-order chi connectivity index (χ1) is 12.1. The van der Waals surface area contributed by atoms with E-state index >= 15 is 0 Å². The number of carboxylic acids is 1. The second kappa shape index (κ2) is 7.38. The third-order valence-corrected chi connectivity index (χ3v) is 4.77. The average molecular weight is 339 g/mol. The van der Waals surface area contributed by atoms with Crippen molar-refractivity contribution in [1.82, 2.24) is 0 Å². The molecule has 0 aliphatic heterocycles. The van der Waals surface area contributed by atoms with Crippen LogP contribution in [0.1, 0.15) is 24.0 Å². The minimum Gasteiger partial charge on any atom is -0.489 e. The van der Waals surface area contributed by atoms with Crippen LogP contribution in [0.4, 0.5) is 5.69 Å². The fourth-order valence-corrected chi connectivity index (χ4v) is 2.99. The van der Waals surface area contributed by atoms with E-state index in [4.69, 9.17) is 9.84 Å². The molecule has 2 aromatic rings. The number of nitrogens with one attached hydrogen (secondary N) is 1. The van der Waals surface area contributed by atoms with E-state index in [1.54, 1.807) is 0 Å². The largest absolute Gasteiger partial charge is 0.489 e. The molecule has 2 unspecified atom stereocenters. The quantitative estimate of drug-likeness (QED) is 0.843. The van der Waals surface area contributed by atoms with Gasteiger partial charge in [-0.3, -0.25) is 9.59 Å². The molecule has 130 valence electrons. The van der Waals surface area contributed by atoms with Crippen LogP contribution in [0.2, 0.25) is 0 Å². The summed E-state index contributed by atoms with van der Waals surface area (Å²) in [5, 5.41) is 12.0. The molecule has 0 heterocycles. The molecular weight excluding hydrogens is 318 g/mol. The molecule has 5 nitrogen and oxygen atoms in total. The summed E-state index contributed by atoms with van der Waals surface area (Å²) in [7, 11) is 0. The monoisotopic (exact) mass is 339 g/mol. The normalized spacial score (nSPS) is 18.9. The number of hydrogen-bond acceptors (Lipinski definition) is 3. The maximum Gasteiger partial charge on any atom is 0.307 e. The Kier molecular flexibility index (Phi) is 5.03. The van der Waals surface area contributed by atoms with Gasteiger partial charge in [0.15, 0.2) is 0 Å². The smallest absolute Gasteiger partial charge is 0.307 e. The zero-order valence-corrected chi connectivity index (χ0v) is 14.1. The number of ether oxygens (including phenoxy) is 1. The summed E-state index contributed by atoms with van der Waals surface area (Å²) in [5.74, 6) is -1.34. The predicted octanol–water partition coefficient (Wildman–Crippen LogP) is 3.62. The first-order valence-corrected chi connectivity index (χ1v) is 8.36. The molecule has 2 atom stereocenters. The molecule has 1 saturated carbocycles. The van der Waals surface area contributed by atoms with Gasteiger partial charge < -0.3 is 15.2 Å². The zero-order chi connectivity index (χ0) is 17.8. The number of rotatable bonds is 6. The summed E-state index contributed by atoms with van der Waals surface area (Å²) < 4.78 is 5.77. The summed E-state index contributed by atoms with van der Waals surface area (Å²) in [6.07, 6.45) is 1.19. The Hall–Kier alpha value is -2.82. The summed E-state index contributed by atoms with van der Waals surface area (Å²) >= 11 is 0. The van der Waals surface area contributed by atoms with Crippen LogP contribution >= 0.6 is 0 Å². The van der Waals surface area contributed by atoms with Crippen LogP contribution in [0.5, 0.6) is 5.75 Å². The number of carboxylic acid groups (broad SMARTS) is 1. The van der Waals surface area contributed by atoms with E-state index < -0.39 is 17.8 Å². The van der Waals surface area contributed by atoms with Gasteiger partial charge in [0.25, 0.3) is 0 Å². The molecular formula is C20H21NO4. The van der Waals surface area contributed by atoms with Crippen molar-refractivity contribution in [2.75, 3.05) is 5.32 Å². The van der Waals surface area contributed by atoms with Crippen LogP contribution in [0, 0.1) is 18.8 Å². The molecule has 0 radical (unpaired) electrons. The van der Waals surface area contributed by atoms with Gasteiger partial charge in [-0.05, 0) is 49.1 Å². The Morgan fingerprint density at radius 2 is 1.80 bits per heavy atom. The first-order valence-electron chi connectivity index (χ1n) is 8.36. The van der Waals surface area contributed by atoms with Crippen LogP contribution in [0.25, 0.3) is 0 Å². The highest BCUT2D eigenvalue weighted by atomic mass is 16.5. The lowest BCUT2D eigenvalue weighted by Crippen LogP contribution is -2.41. The van der Waals surface area contributed by atoms with Crippen LogP contribution in [0.3, 0.4) is 0 Å². The van der Waals surface area contributed by atoms with Gasteiger partial charge in [0.2, 0.25) is 5.91 Å². The van der Waals surface area contributed by atoms with Crippen molar-refractivity contribution in [2.45, 2.75) is 26.4 Å². The molecule has 2 aromatic carbocycles. The van der Waals surface area contributed by atoms with Gasteiger partial charge in [0.1, 0.15) is 12.4 Å². The van der Waals surface area contributed by atoms with E-state index in [0.29, 0.717) is 25.1 Å². The van der Waals surface area contributed by atoms with Crippen molar-refractivity contribution in [1.29, 1.82) is 0 Å². The predicted molar refractivity (Wildman–Crippen MR) is 94.4 cm³/mol. The minimum atomic E-state index is -0.895. The molecule has 1 aliphatic carbocycles. The highest BCUT2D eigenvalue weighted by Gasteiger charge is 2.41. The Labute approximate surface area is 146 Å². The topological polar surface area (TPSA) is 75.6 Å². The summed E-state index contributed by atoms with van der Waals surface area (Å²) in [6.45, 7) is 2.33. The summed E-state index contributed by atoms with van der Waals surface area (Å²) in [5.41, 5.74) is 2.61. The highest BCUT2D eigenvalue weighted by Crippen LogP contribution is 2.35. The van der Waals surface area contributed by atoms with E-state index in [9.17, 15) is 9.59 Å². The Balaban J connectivity index is 1.66. The lowest BCUT2D eigenvalue weighted by atomic mass is 9.73. The number of hydrogen-bond donors (Lipinski definition) is 2. The fraction of sp³-hybridized carbons (Fsp3) is 0.300. The van der Waals surface area contributed by atoms with Crippen molar-refractivity contribution in [3.8, 4) is 5.75 Å².